The molecule has 0 aromatic heterocycles. The molecular weight excluding hydrogens is 206 g/mol. The predicted molar refractivity (Wildman–Crippen MR) is 62.5 cm³/mol. The summed E-state index contributed by atoms with van der Waals surface area (Å²) in [5.41, 5.74) is 0.338. The summed E-state index contributed by atoms with van der Waals surface area (Å²) in [4.78, 5) is 13.2. The predicted octanol–water partition coefficient (Wildman–Crippen LogP) is 1.60. The van der Waals surface area contributed by atoms with Crippen LogP contribution in [0.25, 0.3) is 0 Å². The zero-order chi connectivity index (χ0) is 12.2. The smallest absolute Gasteiger partial charge is 0.323 e. The van der Waals surface area contributed by atoms with Crippen LogP contribution < -0.4 is 0 Å². The Morgan fingerprint density at radius 3 is 2.69 bits per heavy atom. The molecule has 94 valence electrons. The van der Waals surface area contributed by atoms with Crippen molar-refractivity contribution in [2.75, 3.05) is 26.8 Å². The van der Waals surface area contributed by atoms with E-state index in [1.54, 1.807) is 7.11 Å². The molecule has 1 rings (SSSR count). The summed E-state index contributed by atoms with van der Waals surface area (Å²) in [6.45, 7) is 6.50. The van der Waals surface area contributed by atoms with Gasteiger partial charge in [0.1, 0.15) is 6.04 Å². The number of likely N-dealkylation sites (tertiary alicyclic amines) is 1. The minimum Gasteiger partial charge on any atom is -0.480 e. The summed E-state index contributed by atoms with van der Waals surface area (Å²) in [6.07, 6.45) is 3.30. The standard InChI is InChI=1S/C12H23NO3/c1-12(2)5-4-7-13(8-6-12)10(9-16-3)11(14)15/h10H,4-9H2,1-3H3,(H,14,15). The molecule has 1 aliphatic rings. The first-order valence-electron chi connectivity index (χ1n) is 5.92. The van der Waals surface area contributed by atoms with Crippen molar-refractivity contribution in [2.45, 2.75) is 39.2 Å². The van der Waals surface area contributed by atoms with Crippen LogP contribution in [0.4, 0.5) is 0 Å². The SMILES string of the molecule is COCC(C(=O)O)N1CCCC(C)(C)CC1. The van der Waals surface area contributed by atoms with E-state index < -0.39 is 12.0 Å². The molecular formula is C12H23NO3. The first-order chi connectivity index (χ1) is 7.46. The molecule has 0 spiro atoms. The van der Waals surface area contributed by atoms with Crippen molar-refractivity contribution in [3.63, 3.8) is 0 Å². The Morgan fingerprint density at radius 2 is 2.12 bits per heavy atom. The lowest BCUT2D eigenvalue weighted by atomic mass is 9.85. The summed E-state index contributed by atoms with van der Waals surface area (Å²) in [6, 6.07) is -0.487. The second-order valence-electron chi connectivity index (χ2n) is 5.36. The fraction of sp³-hybridized carbons (Fsp3) is 0.917. The first kappa shape index (κ1) is 13.5. The number of methoxy groups -OCH3 is 1. The van der Waals surface area contributed by atoms with Gasteiger partial charge in [0.15, 0.2) is 0 Å². The van der Waals surface area contributed by atoms with Crippen molar-refractivity contribution < 1.29 is 14.6 Å². The number of hydrogen-bond acceptors (Lipinski definition) is 3. The Kier molecular flexibility index (Phi) is 4.74. The molecule has 0 aromatic carbocycles. The van der Waals surface area contributed by atoms with Gasteiger partial charge in [-0.05, 0) is 37.8 Å². The highest BCUT2D eigenvalue weighted by Crippen LogP contribution is 2.30. The van der Waals surface area contributed by atoms with Gasteiger partial charge < -0.3 is 9.84 Å². The zero-order valence-corrected chi connectivity index (χ0v) is 10.5. The van der Waals surface area contributed by atoms with Crippen molar-refractivity contribution in [3.8, 4) is 0 Å². The average molecular weight is 229 g/mol. The molecule has 0 aromatic rings. The number of nitrogens with zero attached hydrogens (tertiary/aromatic N) is 1. The minimum absolute atomic E-state index is 0.274. The Morgan fingerprint density at radius 1 is 1.44 bits per heavy atom. The fourth-order valence-corrected chi connectivity index (χ4v) is 2.25. The van der Waals surface area contributed by atoms with Crippen molar-refractivity contribution in [3.05, 3.63) is 0 Å². The van der Waals surface area contributed by atoms with E-state index in [9.17, 15) is 4.79 Å². The number of ether oxygens (including phenoxy) is 1. The third-order valence-electron chi connectivity index (χ3n) is 3.43. The summed E-state index contributed by atoms with van der Waals surface area (Å²) in [7, 11) is 1.55. The average Bonchev–Trinajstić information content (AvgIpc) is 2.35. The lowest BCUT2D eigenvalue weighted by Gasteiger charge is -2.27. The molecule has 4 heteroatoms. The van der Waals surface area contributed by atoms with Gasteiger partial charge in [0.25, 0.3) is 0 Å². The number of aliphatic carboxylic acids is 1. The van der Waals surface area contributed by atoms with E-state index >= 15 is 0 Å². The molecule has 4 nitrogen and oxygen atoms in total. The summed E-state index contributed by atoms with van der Waals surface area (Å²) < 4.78 is 4.99. The van der Waals surface area contributed by atoms with Crippen LogP contribution in [0.15, 0.2) is 0 Å². The van der Waals surface area contributed by atoms with Gasteiger partial charge in [-0.1, -0.05) is 13.8 Å². The number of carboxylic acid groups (broad SMARTS) is 1. The van der Waals surface area contributed by atoms with Crippen LogP contribution in [-0.4, -0.2) is 48.8 Å². The second kappa shape index (κ2) is 5.64. The van der Waals surface area contributed by atoms with E-state index in [1.807, 2.05) is 4.90 Å². The van der Waals surface area contributed by atoms with Crippen molar-refractivity contribution in [1.29, 1.82) is 0 Å². The molecule has 1 atom stereocenters. The molecule has 0 bridgehead atoms. The number of hydrogen-bond donors (Lipinski definition) is 1. The van der Waals surface area contributed by atoms with Gasteiger partial charge in [0, 0.05) is 7.11 Å². The monoisotopic (exact) mass is 229 g/mol. The van der Waals surface area contributed by atoms with Crippen LogP contribution in [0.5, 0.6) is 0 Å². The maximum absolute atomic E-state index is 11.1. The fourth-order valence-electron chi connectivity index (χ4n) is 2.25. The van der Waals surface area contributed by atoms with Crippen LogP contribution in [-0.2, 0) is 9.53 Å². The zero-order valence-electron chi connectivity index (χ0n) is 10.5. The molecule has 0 radical (unpaired) electrons. The maximum atomic E-state index is 11.1. The van der Waals surface area contributed by atoms with Gasteiger partial charge in [-0.3, -0.25) is 9.69 Å². The van der Waals surface area contributed by atoms with Crippen LogP contribution in [0.3, 0.4) is 0 Å². The molecule has 1 fully saturated rings. The molecule has 0 saturated carbocycles. The Labute approximate surface area is 97.6 Å². The van der Waals surface area contributed by atoms with Gasteiger partial charge in [-0.2, -0.15) is 0 Å². The van der Waals surface area contributed by atoms with Gasteiger partial charge in [0.05, 0.1) is 6.61 Å². The van der Waals surface area contributed by atoms with Crippen molar-refractivity contribution in [1.82, 2.24) is 4.90 Å². The maximum Gasteiger partial charge on any atom is 0.323 e. The van der Waals surface area contributed by atoms with E-state index in [4.69, 9.17) is 9.84 Å². The molecule has 1 heterocycles. The van der Waals surface area contributed by atoms with Crippen molar-refractivity contribution in [2.24, 2.45) is 5.41 Å². The summed E-state index contributed by atoms with van der Waals surface area (Å²) in [5.74, 6) is -0.776. The topological polar surface area (TPSA) is 49.8 Å². The number of rotatable bonds is 4. The van der Waals surface area contributed by atoms with Gasteiger partial charge in [-0.25, -0.2) is 0 Å². The molecule has 1 aliphatic heterocycles. The van der Waals surface area contributed by atoms with Crippen LogP contribution in [0, 0.1) is 5.41 Å². The lowest BCUT2D eigenvalue weighted by Crippen LogP contribution is -2.44. The first-order valence-corrected chi connectivity index (χ1v) is 5.92. The van der Waals surface area contributed by atoms with E-state index in [-0.39, 0.29) is 6.61 Å². The third-order valence-corrected chi connectivity index (χ3v) is 3.43. The van der Waals surface area contributed by atoms with E-state index in [2.05, 4.69) is 13.8 Å². The van der Waals surface area contributed by atoms with Gasteiger partial charge in [-0.15, -0.1) is 0 Å². The molecule has 16 heavy (non-hydrogen) atoms. The van der Waals surface area contributed by atoms with Crippen LogP contribution in [0.1, 0.15) is 33.1 Å². The van der Waals surface area contributed by atoms with Crippen molar-refractivity contribution >= 4 is 5.97 Å². The quantitative estimate of drug-likeness (QED) is 0.795. The Hall–Kier alpha value is -0.610. The highest BCUT2D eigenvalue weighted by Gasteiger charge is 2.30. The number of carboxylic acids is 1. The molecule has 0 amide bonds. The second-order valence-corrected chi connectivity index (χ2v) is 5.36. The van der Waals surface area contributed by atoms with E-state index in [0.717, 1.165) is 25.9 Å². The highest BCUT2D eigenvalue weighted by atomic mass is 16.5. The normalized spacial score (nSPS) is 23.7. The largest absolute Gasteiger partial charge is 0.480 e. The molecule has 1 N–H and O–H groups in total. The van der Waals surface area contributed by atoms with Gasteiger partial charge in [0.2, 0.25) is 0 Å². The van der Waals surface area contributed by atoms with Gasteiger partial charge >= 0.3 is 5.97 Å². The third kappa shape index (κ3) is 3.76. The highest BCUT2D eigenvalue weighted by molar-refractivity contribution is 5.73. The minimum atomic E-state index is -0.776. The lowest BCUT2D eigenvalue weighted by molar-refractivity contribution is -0.145. The number of carbonyl (C=O) groups is 1. The Bertz CT molecular complexity index is 240. The van der Waals surface area contributed by atoms with Crippen LogP contribution in [0.2, 0.25) is 0 Å². The molecule has 1 saturated heterocycles. The van der Waals surface area contributed by atoms with E-state index in [0.29, 0.717) is 5.41 Å². The summed E-state index contributed by atoms with van der Waals surface area (Å²) in [5, 5.41) is 9.16. The summed E-state index contributed by atoms with van der Waals surface area (Å²) >= 11 is 0. The molecule has 1 unspecified atom stereocenters. The van der Waals surface area contributed by atoms with E-state index in [1.165, 1.54) is 6.42 Å². The van der Waals surface area contributed by atoms with Crippen LogP contribution >= 0.6 is 0 Å². The molecule has 0 aliphatic carbocycles. The Balaban J connectivity index is 2.61.